The molecule has 0 aliphatic heterocycles. The largest absolute Gasteiger partial charge is 0.492 e. The summed E-state index contributed by atoms with van der Waals surface area (Å²) in [5.74, 6) is 0.367. The van der Waals surface area contributed by atoms with E-state index in [1.165, 1.54) is 6.07 Å². The van der Waals surface area contributed by atoms with Crippen molar-refractivity contribution in [2.24, 2.45) is 0 Å². The molecule has 0 saturated carbocycles. The van der Waals surface area contributed by atoms with Gasteiger partial charge in [0.05, 0.1) is 0 Å². The second-order valence-corrected chi connectivity index (χ2v) is 3.68. The molecule has 1 unspecified atom stereocenters. The van der Waals surface area contributed by atoms with Crippen molar-refractivity contribution in [1.82, 2.24) is 5.32 Å². The molecule has 2 nitrogen and oxygen atoms in total. The third-order valence-electron chi connectivity index (χ3n) is 2.20. The highest BCUT2D eigenvalue weighted by molar-refractivity contribution is 5.27. The maximum absolute atomic E-state index is 13.2. The number of hydrogen-bond acceptors (Lipinski definition) is 2. The van der Waals surface area contributed by atoms with Gasteiger partial charge in [0.25, 0.3) is 0 Å². The van der Waals surface area contributed by atoms with Crippen molar-refractivity contribution in [2.45, 2.75) is 26.8 Å². The summed E-state index contributed by atoms with van der Waals surface area (Å²) in [6.45, 7) is 7.28. The van der Waals surface area contributed by atoms with E-state index in [9.17, 15) is 4.39 Å². The fraction of sp³-hybridized carbons (Fsp3) is 0.500. The van der Waals surface area contributed by atoms with Crippen molar-refractivity contribution in [3.05, 3.63) is 29.6 Å². The first-order valence-electron chi connectivity index (χ1n) is 5.25. The third kappa shape index (κ3) is 3.88. The summed E-state index contributed by atoms with van der Waals surface area (Å²) in [6.07, 6.45) is 0. The lowest BCUT2D eigenvalue weighted by Crippen LogP contribution is -2.31. The van der Waals surface area contributed by atoms with Gasteiger partial charge in [0.1, 0.15) is 18.2 Å². The first kappa shape index (κ1) is 12.0. The molecular weight excluding hydrogens is 193 g/mol. The maximum Gasteiger partial charge on any atom is 0.129 e. The van der Waals surface area contributed by atoms with E-state index in [-0.39, 0.29) is 11.9 Å². The van der Waals surface area contributed by atoms with Crippen molar-refractivity contribution in [3.63, 3.8) is 0 Å². The Morgan fingerprint density at radius 3 is 2.80 bits per heavy atom. The molecule has 1 aromatic carbocycles. The van der Waals surface area contributed by atoms with Crippen molar-refractivity contribution in [2.75, 3.05) is 13.2 Å². The Morgan fingerprint density at radius 2 is 2.20 bits per heavy atom. The van der Waals surface area contributed by atoms with E-state index in [1.54, 1.807) is 19.1 Å². The number of halogens is 1. The molecule has 3 heteroatoms. The Bertz CT molecular complexity index is 314. The van der Waals surface area contributed by atoms with Crippen LogP contribution in [0.15, 0.2) is 18.2 Å². The van der Waals surface area contributed by atoms with E-state index in [2.05, 4.69) is 5.32 Å². The van der Waals surface area contributed by atoms with Crippen LogP contribution >= 0.6 is 0 Å². The summed E-state index contributed by atoms with van der Waals surface area (Å²) in [7, 11) is 0. The molecule has 0 bridgehead atoms. The average Bonchev–Trinajstić information content (AvgIpc) is 2.20. The molecule has 1 atom stereocenters. The minimum absolute atomic E-state index is 0.219. The molecule has 0 radical (unpaired) electrons. The first-order chi connectivity index (χ1) is 7.13. The molecule has 0 heterocycles. The smallest absolute Gasteiger partial charge is 0.129 e. The highest BCUT2D eigenvalue weighted by Crippen LogP contribution is 2.15. The lowest BCUT2D eigenvalue weighted by molar-refractivity contribution is 0.274. The van der Waals surface area contributed by atoms with Gasteiger partial charge in [-0.1, -0.05) is 13.0 Å². The van der Waals surface area contributed by atoms with Crippen molar-refractivity contribution < 1.29 is 9.13 Å². The molecule has 0 aliphatic rings. The zero-order valence-electron chi connectivity index (χ0n) is 9.51. The second kappa shape index (κ2) is 5.71. The topological polar surface area (TPSA) is 21.3 Å². The minimum atomic E-state index is -0.219. The summed E-state index contributed by atoms with van der Waals surface area (Å²) in [5.41, 5.74) is 0.641. The van der Waals surface area contributed by atoms with Crippen LogP contribution in [-0.2, 0) is 0 Å². The van der Waals surface area contributed by atoms with Gasteiger partial charge >= 0.3 is 0 Å². The molecule has 0 aliphatic carbocycles. The van der Waals surface area contributed by atoms with Crippen molar-refractivity contribution in [1.29, 1.82) is 0 Å². The Labute approximate surface area is 90.4 Å². The van der Waals surface area contributed by atoms with Gasteiger partial charge in [-0.15, -0.1) is 0 Å². The van der Waals surface area contributed by atoms with Gasteiger partial charge < -0.3 is 10.1 Å². The number of hydrogen-bond donors (Lipinski definition) is 1. The molecule has 84 valence electrons. The Morgan fingerprint density at radius 1 is 1.47 bits per heavy atom. The van der Waals surface area contributed by atoms with Crippen LogP contribution in [0.4, 0.5) is 4.39 Å². The molecule has 15 heavy (non-hydrogen) atoms. The second-order valence-electron chi connectivity index (χ2n) is 3.68. The zero-order valence-corrected chi connectivity index (χ0v) is 9.51. The van der Waals surface area contributed by atoms with E-state index >= 15 is 0 Å². The maximum atomic E-state index is 13.2. The SMILES string of the molecule is CCNC(C)COc1ccc(C)c(F)c1. The van der Waals surface area contributed by atoms with E-state index in [0.717, 1.165) is 6.54 Å². The average molecular weight is 211 g/mol. The summed E-state index contributed by atoms with van der Waals surface area (Å²) >= 11 is 0. The molecule has 1 aromatic rings. The van der Waals surface area contributed by atoms with Gasteiger partial charge in [-0.05, 0) is 32.0 Å². The van der Waals surface area contributed by atoms with E-state index < -0.39 is 0 Å². The lowest BCUT2D eigenvalue weighted by Gasteiger charge is -2.13. The molecule has 0 aromatic heterocycles. The number of rotatable bonds is 5. The minimum Gasteiger partial charge on any atom is -0.492 e. The van der Waals surface area contributed by atoms with Gasteiger partial charge in [-0.25, -0.2) is 4.39 Å². The van der Waals surface area contributed by atoms with Crippen molar-refractivity contribution in [3.8, 4) is 5.75 Å². The van der Waals surface area contributed by atoms with Crippen molar-refractivity contribution >= 4 is 0 Å². The molecule has 0 amide bonds. The van der Waals surface area contributed by atoms with Gasteiger partial charge in [0, 0.05) is 12.1 Å². The van der Waals surface area contributed by atoms with Gasteiger partial charge in [0.2, 0.25) is 0 Å². The lowest BCUT2D eigenvalue weighted by atomic mass is 10.2. The Balaban J connectivity index is 2.47. The molecule has 0 spiro atoms. The highest BCUT2D eigenvalue weighted by Gasteiger charge is 2.03. The Kier molecular flexibility index (Phi) is 4.56. The van der Waals surface area contributed by atoms with Crippen LogP contribution in [0, 0.1) is 12.7 Å². The normalized spacial score (nSPS) is 12.5. The predicted octanol–water partition coefficient (Wildman–Crippen LogP) is 2.51. The van der Waals surface area contributed by atoms with Crippen LogP contribution < -0.4 is 10.1 Å². The number of aryl methyl sites for hydroxylation is 1. The van der Waals surface area contributed by atoms with Crippen LogP contribution in [0.1, 0.15) is 19.4 Å². The van der Waals surface area contributed by atoms with Crippen LogP contribution in [-0.4, -0.2) is 19.2 Å². The fourth-order valence-corrected chi connectivity index (χ4v) is 1.29. The van der Waals surface area contributed by atoms with Crippen LogP contribution in [0.2, 0.25) is 0 Å². The van der Waals surface area contributed by atoms with Crippen LogP contribution in [0.3, 0.4) is 0 Å². The zero-order chi connectivity index (χ0) is 11.3. The third-order valence-corrected chi connectivity index (χ3v) is 2.20. The number of likely N-dealkylation sites (N-methyl/N-ethyl adjacent to an activating group) is 1. The fourth-order valence-electron chi connectivity index (χ4n) is 1.29. The quantitative estimate of drug-likeness (QED) is 0.808. The number of nitrogens with one attached hydrogen (secondary N) is 1. The highest BCUT2D eigenvalue weighted by atomic mass is 19.1. The Hall–Kier alpha value is -1.09. The standard InChI is InChI=1S/C12H18FNO/c1-4-14-10(3)8-15-11-6-5-9(2)12(13)7-11/h5-7,10,14H,4,8H2,1-3H3. The van der Waals surface area contributed by atoms with Gasteiger partial charge in [-0.3, -0.25) is 0 Å². The number of benzene rings is 1. The van der Waals surface area contributed by atoms with E-state index in [1.807, 2.05) is 13.8 Å². The van der Waals surface area contributed by atoms with Gasteiger partial charge in [-0.2, -0.15) is 0 Å². The van der Waals surface area contributed by atoms with E-state index in [4.69, 9.17) is 4.74 Å². The monoisotopic (exact) mass is 211 g/mol. The van der Waals surface area contributed by atoms with Crippen LogP contribution in [0.5, 0.6) is 5.75 Å². The predicted molar refractivity (Wildman–Crippen MR) is 59.8 cm³/mol. The first-order valence-corrected chi connectivity index (χ1v) is 5.25. The van der Waals surface area contributed by atoms with Crippen LogP contribution in [0.25, 0.3) is 0 Å². The molecular formula is C12H18FNO. The summed E-state index contributed by atoms with van der Waals surface area (Å²) in [6, 6.07) is 5.22. The molecule has 0 fully saturated rings. The van der Waals surface area contributed by atoms with E-state index in [0.29, 0.717) is 17.9 Å². The number of ether oxygens (including phenoxy) is 1. The molecule has 1 rings (SSSR count). The molecule has 1 N–H and O–H groups in total. The molecule has 0 saturated heterocycles. The summed E-state index contributed by atoms with van der Waals surface area (Å²) in [5, 5.41) is 3.22. The summed E-state index contributed by atoms with van der Waals surface area (Å²) in [4.78, 5) is 0. The van der Waals surface area contributed by atoms with Gasteiger partial charge in [0.15, 0.2) is 0 Å². The summed E-state index contributed by atoms with van der Waals surface area (Å²) < 4.78 is 18.6.